The lowest BCUT2D eigenvalue weighted by Crippen LogP contribution is -1.89. The van der Waals surface area contributed by atoms with Gasteiger partial charge in [-0.3, -0.25) is 0 Å². The van der Waals surface area contributed by atoms with Crippen LogP contribution in [0, 0.1) is 12.7 Å². The van der Waals surface area contributed by atoms with Gasteiger partial charge in [-0.05, 0) is 36.6 Å². The summed E-state index contributed by atoms with van der Waals surface area (Å²) < 4.78 is 22.2. The minimum Gasteiger partial charge on any atom is -0.360 e. The van der Waals surface area contributed by atoms with Crippen LogP contribution >= 0.6 is 11.9 Å². The first kappa shape index (κ1) is 13.7. The monoisotopic (exact) mass is 300 g/mol. The van der Waals surface area contributed by atoms with Gasteiger partial charge in [0.05, 0.1) is 0 Å². The van der Waals surface area contributed by atoms with Gasteiger partial charge in [0.15, 0.2) is 5.82 Å². The zero-order valence-electron chi connectivity index (χ0n) is 11.3. The standard InChI is InChI=1S/C16H13FN2OS/c1-11-9-16(18-20-11)19-21-13-7-8-14(15(17)10-13)12-5-3-2-4-6-12/h2-10H,1H3,(H,18,19). The molecule has 0 radical (unpaired) electrons. The lowest BCUT2D eigenvalue weighted by molar-refractivity contribution is 0.400. The second-order valence-corrected chi connectivity index (χ2v) is 5.41. The zero-order valence-corrected chi connectivity index (χ0v) is 12.2. The molecule has 0 amide bonds. The number of nitrogens with zero attached hydrogens (tertiary/aromatic N) is 1. The van der Waals surface area contributed by atoms with E-state index < -0.39 is 0 Å². The second kappa shape index (κ2) is 6.01. The molecule has 0 unspecified atom stereocenters. The molecule has 3 nitrogen and oxygen atoms in total. The molecule has 0 saturated carbocycles. The Morgan fingerprint density at radius 3 is 2.57 bits per heavy atom. The van der Waals surface area contributed by atoms with E-state index in [0.29, 0.717) is 11.4 Å². The van der Waals surface area contributed by atoms with Crippen molar-refractivity contribution in [2.75, 3.05) is 4.72 Å². The molecule has 3 rings (SSSR count). The van der Waals surface area contributed by atoms with E-state index >= 15 is 0 Å². The van der Waals surface area contributed by atoms with E-state index in [4.69, 9.17) is 4.52 Å². The number of aryl methyl sites for hydroxylation is 1. The van der Waals surface area contributed by atoms with Crippen molar-refractivity contribution in [2.45, 2.75) is 11.8 Å². The van der Waals surface area contributed by atoms with Crippen LogP contribution in [0.4, 0.5) is 10.2 Å². The summed E-state index contributed by atoms with van der Waals surface area (Å²) in [6.45, 7) is 1.82. The van der Waals surface area contributed by atoms with Crippen LogP contribution in [-0.4, -0.2) is 5.16 Å². The van der Waals surface area contributed by atoms with E-state index in [1.165, 1.54) is 18.0 Å². The minimum absolute atomic E-state index is 0.246. The highest BCUT2D eigenvalue weighted by molar-refractivity contribution is 8.00. The van der Waals surface area contributed by atoms with Gasteiger partial charge in [-0.2, -0.15) is 0 Å². The Balaban J connectivity index is 1.75. The average Bonchev–Trinajstić information content (AvgIpc) is 2.92. The summed E-state index contributed by atoms with van der Waals surface area (Å²) in [7, 11) is 0. The van der Waals surface area contributed by atoms with Crippen LogP contribution < -0.4 is 4.72 Å². The maximum absolute atomic E-state index is 14.2. The SMILES string of the molecule is Cc1cc(NSc2ccc(-c3ccccc3)c(F)c2)no1. The molecule has 0 spiro atoms. The molecule has 1 N–H and O–H groups in total. The lowest BCUT2D eigenvalue weighted by Gasteiger charge is -2.06. The number of anilines is 1. The van der Waals surface area contributed by atoms with Gasteiger partial charge in [-0.15, -0.1) is 0 Å². The molecule has 2 aromatic carbocycles. The fraction of sp³-hybridized carbons (Fsp3) is 0.0625. The molecule has 0 fully saturated rings. The minimum atomic E-state index is -0.246. The molecule has 0 saturated heterocycles. The maximum Gasteiger partial charge on any atom is 0.179 e. The zero-order chi connectivity index (χ0) is 14.7. The highest BCUT2D eigenvalue weighted by Gasteiger charge is 2.07. The summed E-state index contributed by atoms with van der Waals surface area (Å²) in [5.74, 6) is 1.10. The Kier molecular flexibility index (Phi) is 3.92. The number of nitrogens with one attached hydrogen (secondary N) is 1. The molecule has 5 heteroatoms. The van der Waals surface area contributed by atoms with E-state index in [-0.39, 0.29) is 5.82 Å². The van der Waals surface area contributed by atoms with Gasteiger partial charge < -0.3 is 9.25 Å². The largest absolute Gasteiger partial charge is 0.360 e. The van der Waals surface area contributed by atoms with Gasteiger partial charge in [0.25, 0.3) is 0 Å². The number of rotatable bonds is 4. The second-order valence-electron chi connectivity index (χ2n) is 4.53. The first-order valence-electron chi connectivity index (χ1n) is 6.43. The molecular weight excluding hydrogens is 287 g/mol. The highest BCUT2D eigenvalue weighted by Crippen LogP contribution is 2.28. The van der Waals surface area contributed by atoms with Gasteiger partial charge >= 0.3 is 0 Å². The predicted molar refractivity (Wildman–Crippen MR) is 82.6 cm³/mol. The van der Waals surface area contributed by atoms with Crippen LogP contribution in [0.2, 0.25) is 0 Å². The molecule has 106 valence electrons. The fourth-order valence-corrected chi connectivity index (χ4v) is 2.55. The summed E-state index contributed by atoms with van der Waals surface area (Å²) in [5, 5.41) is 3.82. The van der Waals surface area contributed by atoms with E-state index in [2.05, 4.69) is 9.88 Å². The number of aromatic nitrogens is 1. The highest BCUT2D eigenvalue weighted by atomic mass is 32.2. The smallest absolute Gasteiger partial charge is 0.179 e. The predicted octanol–water partition coefficient (Wildman–Crippen LogP) is 4.91. The molecule has 0 aliphatic heterocycles. The van der Waals surface area contributed by atoms with E-state index in [0.717, 1.165) is 16.2 Å². The third kappa shape index (κ3) is 3.25. The summed E-state index contributed by atoms with van der Waals surface area (Å²) in [5.41, 5.74) is 1.46. The summed E-state index contributed by atoms with van der Waals surface area (Å²) in [6, 6.07) is 16.4. The maximum atomic E-state index is 14.2. The van der Waals surface area contributed by atoms with E-state index in [1.54, 1.807) is 12.1 Å². The van der Waals surface area contributed by atoms with Crippen LogP contribution in [0.15, 0.2) is 64.0 Å². The molecule has 0 aliphatic carbocycles. The fourth-order valence-electron chi connectivity index (χ4n) is 1.94. The Hall–Kier alpha value is -2.27. The molecule has 21 heavy (non-hydrogen) atoms. The summed E-state index contributed by atoms with van der Waals surface area (Å²) >= 11 is 1.29. The Labute approximate surface area is 126 Å². The number of hydrogen-bond donors (Lipinski definition) is 1. The van der Waals surface area contributed by atoms with Gasteiger partial charge in [0.1, 0.15) is 11.6 Å². The van der Waals surface area contributed by atoms with Crippen LogP contribution in [0.1, 0.15) is 5.76 Å². The first-order valence-corrected chi connectivity index (χ1v) is 7.25. The van der Waals surface area contributed by atoms with Gasteiger partial charge in [-0.1, -0.05) is 41.6 Å². The number of benzene rings is 2. The molecule has 3 aromatic rings. The molecule has 1 aromatic heterocycles. The van der Waals surface area contributed by atoms with Crippen molar-refractivity contribution in [3.8, 4) is 11.1 Å². The van der Waals surface area contributed by atoms with Crippen LogP contribution in [-0.2, 0) is 0 Å². The quantitative estimate of drug-likeness (QED) is 0.695. The lowest BCUT2D eigenvalue weighted by atomic mass is 10.1. The van der Waals surface area contributed by atoms with Crippen LogP contribution in [0.3, 0.4) is 0 Å². The van der Waals surface area contributed by atoms with Crippen molar-refractivity contribution in [3.05, 3.63) is 66.2 Å². The third-order valence-electron chi connectivity index (χ3n) is 2.93. The van der Waals surface area contributed by atoms with Crippen molar-refractivity contribution in [1.29, 1.82) is 0 Å². The van der Waals surface area contributed by atoms with Crippen molar-refractivity contribution in [3.63, 3.8) is 0 Å². The number of hydrogen-bond acceptors (Lipinski definition) is 4. The van der Waals surface area contributed by atoms with Crippen LogP contribution in [0.25, 0.3) is 11.1 Å². The Bertz CT molecular complexity index is 743. The van der Waals surface area contributed by atoms with Crippen molar-refractivity contribution >= 4 is 17.8 Å². The molecule has 0 aliphatic rings. The molecular formula is C16H13FN2OS. The Morgan fingerprint density at radius 2 is 1.90 bits per heavy atom. The molecule has 1 heterocycles. The van der Waals surface area contributed by atoms with Gasteiger partial charge in [0.2, 0.25) is 0 Å². The topological polar surface area (TPSA) is 38.1 Å². The summed E-state index contributed by atoms with van der Waals surface area (Å²) in [6.07, 6.45) is 0. The Morgan fingerprint density at radius 1 is 1.10 bits per heavy atom. The summed E-state index contributed by atoms with van der Waals surface area (Å²) in [4.78, 5) is 0.771. The van der Waals surface area contributed by atoms with Crippen LogP contribution in [0.5, 0.6) is 0 Å². The molecule has 0 bridgehead atoms. The van der Waals surface area contributed by atoms with Gasteiger partial charge in [0, 0.05) is 16.5 Å². The normalized spacial score (nSPS) is 10.6. The van der Waals surface area contributed by atoms with Gasteiger partial charge in [-0.25, -0.2) is 4.39 Å². The first-order chi connectivity index (χ1) is 10.2. The van der Waals surface area contributed by atoms with Crippen molar-refractivity contribution in [2.24, 2.45) is 0 Å². The third-order valence-corrected chi connectivity index (χ3v) is 3.73. The van der Waals surface area contributed by atoms with Crippen molar-refractivity contribution in [1.82, 2.24) is 5.16 Å². The average molecular weight is 300 g/mol. The van der Waals surface area contributed by atoms with E-state index in [1.807, 2.05) is 43.3 Å². The van der Waals surface area contributed by atoms with E-state index in [9.17, 15) is 4.39 Å². The van der Waals surface area contributed by atoms with Crippen molar-refractivity contribution < 1.29 is 8.91 Å². The molecule has 0 atom stereocenters. The number of halogens is 1.